The second-order valence-electron chi connectivity index (χ2n) is 6.39. The third-order valence-corrected chi connectivity index (χ3v) is 5.23. The molecule has 3 aromatic rings. The number of imidazole rings is 1. The SMILES string of the molecule is CCC(NC(=O)N(Cc1ccsc1)C1CC1)c1cn2cccnc2n1. The Labute approximate surface area is 150 Å². The molecule has 25 heavy (non-hydrogen) atoms. The molecular weight excluding hydrogens is 334 g/mol. The van der Waals surface area contributed by atoms with E-state index in [1.807, 2.05) is 27.8 Å². The lowest BCUT2D eigenvalue weighted by Crippen LogP contribution is -2.42. The van der Waals surface area contributed by atoms with E-state index >= 15 is 0 Å². The van der Waals surface area contributed by atoms with Crippen LogP contribution in [0, 0.1) is 0 Å². The van der Waals surface area contributed by atoms with Gasteiger partial charge in [-0.2, -0.15) is 11.3 Å². The summed E-state index contributed by atoms with van der Waals surface area (Å²) in [6.45, 7) is 2.73. The number of thiophene rings is 1. The molecule has 4 rings (SSSR count). The van der Waals surface area contributed by atoms with Crippen molar-refractivity contribution in [3.63, 3.8) is 0 Å². The largest absolute Gasteiger partial charge is 0.330 e. The maximum atomic E-state index is 12.9. The van der Waals surface area contributed by atoms with Crippen LogP contribution in [0.1, 0.15) is 43.5 Å². The van der Waals surface area contributed by atoms with Gasteiger partial charge in [-0.3, -0.25) is 4.40 Å². The number of hydrogen-bond acceptors (Lipinski definition) is 4. The van der Waals surface area contributed by atoms with Gasteiger partial charge in [0.2, 0.25) is 5.78 Å². The first-order valence-electron chi connectivity index (χ1n) is 8.62. The molecule has 0 aromatic carbocycles. The van der Waals surface area contributed by atoms with E-state index in [-0.39, 0.29) is 12.1 Å². The number of carbonyl (C=O) groups is 1. The van der Waals surface area contributed by atoms with Gasteiger partial charge in [-0.25, -0.2) is 14.8 Å². The van der Waals surface area contributed by atoms with Crippen LogP contribution in [0.4, 0.5) is 4.79 Å². The summed E-state index contributed by atoms with van der Waals surface area (Å²) in [5, 5.41) is 7.32. The van der Waals surface area contributed by atoms with Gasteiger partial charge < -0.3 is 10.2 Å². The molecule has 3 heterocycles. The molecule has 0 bridgehead atoms. The van der Waals surface area contributed by atoms with Crippen LogP contribution in [0.25, 0.3) is 5.78 Å². The van der Waals surface area contributed by atoms with Crippen LogP contribution < -0.4 is 5.32 Å². The van der Waals surface area contributed by atoms with Crippen molar-refractivity contribution in [2.24, 2.45) is 0 Å². The monoisotopic (exact) mass is 355 g/mol. The highest BCUT2D eigenvalue weighted by Crippen LogP contribution is 2.29. The van der Waals surface area contributed by atoms with E-state index in [4.69, 9.17) is 0 Å². The Morgan fingerprint density at radius 3 is 3.08 bits per heavy atom. The second-order valence-corrected chi connectivity index (χ2v) is 7.17. The average Bonchev–Trinajstić information content (AvgIpc) is 3.17. The molecule has 0 aliphatic heterocycles. The van der Waals surface area contributed by atoms with Gasteiger partial charge >= 0.3 is 6.03 Å². The van der Waals surface area contributed by atoms with Gasteiger partial charge in [-0.15, -0.1) is 0 Å². The molecule has 0 spiro atoms. The fourth-order valence-corrected chi connectivity index (χ4v) is 3.63. The number of nitrogens with zero attached hydrogens (tertiary/aromatic N) is 4. The number of aromatic nitrogens is 3. The van der Waals surface area contributed by atoms with E-state index in [9.17, 15) is 4.79 Å². The van der Waals surface area contributed by atoms with E-state index in [0.29, 0.717) is 18.4 Å². The minimum Gasteiger partial charge on any atom is -0.330 e. The predicted octanol–water partition coefficient (Wildman–Crippen LogP) is 3.62. The lowest BCUT2D eigenvalue weighted by atomic mass is 10.2. The number of amides is 2. The number of nitrogens with one attached hydrogen (secondary N) is 1. The van der Waals surface area contributed by atoms with Crippen LogP contribution in [0.2, 0.25) is 0 Å². The normalized spacial score (nSPS) is 15.2. The first-order chi connectivity index (χ1) is 12.2. The van der Waals surface area contributed by atoms with Crippen LogP contribution in [0.3, 0.4) is 0 Å². The van der Waals surface area contributed by atoms with E-state index in [0.717, 1.165) is 25.0 Å². The first kappa shape index (κ1) is 16.1. The van der Waals surface area contributed by atoms with Crippen molar-refractivity contribution in [1.82, 2.24) is 24.6 Å². The van der Waals surface area contributed by atoms with E-state index in [1.165, 1.54) is 5.56 Å². The number of urea groups is 1. The van der Waals surface area contributed by atoms with Crippen molar-refractivity contribution in [1.29, 1.82) is 0 Å². The Hall–Kier alpha value is -2.41. The molecule has 1 atom stereocenters. The Balaban J connectivity index is 1.50. The minimum absolute atomic E-state index is 0.00874. The van der Waals surface area contributed by atoms with Crippen molar-refractivity contribution >= 4 is 23.1 Å². The Kier molecular flexibility index (Phi) is 4.40. The molecule has 1 N–H and O–H groups in total. The summed E-state index contributed by atoms with van der Waals surface area (Å²) in [7, 11) is 0. The summed E-state index contributed by atoms with van der Waals surface area (Å²) < 4.78 is 1.88. The van der Waals surface area contributed by atoms with Gasteiger partial charge in [0, 0.05) is 31.2 Å². The third-order valence-electron chi connectivity index (χ3n) is 4.50. The number of carbonyl (C=O) groups excluding carboxylic acids is 1. The lowest BCUT2D eigenvalue weighted by molar-refractivity contribution is 0.187. The maximum absolute atomic E-state index is 12.9. The number of hydrogen-bond donors (Lipinski definition) is 1. The molecule has 6 nitrogen and oxygen atoms in total. The zero-order valence-corrected chi connectivity index (χ0v) is 14.9. The summed E-state index contributed by atoms with van der Waals surface area (Å²) in [5.41, 5.74) is 2.04. The maximum Gasteiger partial charge on any atom is 0.318 e. The molecule has 0 saturated heterocycles. The topological polar surface area (TPSA) is 62.5 Å². The van der Waals surface area contributed by atoms with Gasteiger partial charge in [-0.05, 0) is 47.7 Å². The molecule has 1 aliphatic rings. The third kappa shape index (κ3) is 3.51. The molecule has 1 aliphatic carbocycles. The van der Waals surface area contributed by atoms with Crippen LogP contribution in [-0.4, -0.2) is 31.3 Å². The summed E-state index contributed by atoms with van der Waals surface area (Å²) in [6.07, 6.45) is 8.55. The van der Waals surface area contributed by atoms with Crippen molar-refractivity contribution in [3.05, 3.63) is 52.7 Å². The smallest absolute Gasteiger partial charge is 0.318 e. The standard InChI is InChI=1S/C18H21N5OS/c1-2-15(16-11-22-8-3-7-19-17(22)20-16)21-18(24)23(14-4-5-14)10-13-6-9-25-12-13/h3,6-9,11-12,14-15H,2,4-5,10H2,1H3,(H,21,24). The molecule has 1 unspecified atom stereocenters. The highest BCUT2D eigenvalue weighted by atomic mass is 32.1. The predicted molar refractivity (Wildman–Crippen MR) is 97.4 cm³/mol. The van der Waals surface area contributed by atoms with E-state index in [2.05, 4.69) is 39.0 Å². The van der Waals surface area contributed by atoms with Crippen molar-refractivity contribution in [2.45, 2.75) is 44.8 Å². The molecule has 130 valence electrons. The summed E-state index contributed by atoms with van der Waals surface area (Å²) >= 11 is 1.66. The first-order valence-corrected chi connectivity index (χ1v) is 9.56. The highest BCUT2D eigenvalue weighted by molar-refractivity contribution is 7.07. The Morgan fingerprint density at radius 1 is 1.52 bits per heavy atom. The van der Waals surface area contributed by atoms with Crippen molar-refractivity contribution < 1.29 is 4.79 Å². The Bertz CT molecular complexity index is 822. The summed E-state index contributed by atoms with van der Waals surface area (Å²) in [4.78, 5) is 23.6. The fourth-order valence-electron chi connectivity index (χ4n) is 2.97. The summed E-state index contributed by atoms with van der Waals surface area (Å²) in [6, 6.07) is 4.19. The zero-order chi connectivity index (χ0) is 17.2. The average molecular weight is 355 g/mol. The molecule has 1 saturated carbocycles. The van der Waals surface area contributed by atoms with Gasteiger partial charge in [0.15, 0.2) is 0 Å². The number of fused-ring (bicyclic) bond motifs is 1. The number of rotatable bonds is 6. The highest BCUT2D eigenvalue weighted by Gasteiger charge is 2.33. The summed E-state index contributed by atoms with van der Waals surface area (Å²) in [5.74, 6) is 0.655. The van der Waals surface area contributed by atoms with Crippen LogP contribution in [0.5, 0.6) is 0 Å². The van der Waals surface area contributed by atoms with Crippen molar-refractivity contribution in [3.8, 4) is 0 Å². The molecular formula is C18H21N5OS. The zero-order valence-electron chi connectivity index (χ0n) is 14.1. The quantitative estimate of drug-likeness (QED) is 0.735. The van der Waals surface area contributed by atoms with E-state index < -0.39 is 0 Å². The van der Waals surface area contributed by atoms with Gasteiger partial charge in [0.05, 0.1) is 11.7 Å². The van der Waals surface area contributed by atoms with Crippen LogP contribution in [-0.2, 0) is 6.54 Å². The lowest BCUT2D eigenvalue weighted by Gasteiger charge is -2.25. The van der Waals surface area contributed by atoms with Crippen LogP contribution in [0.15, 0.2) is 41.5 Å². The minimum atomic E-state index is -0.113. The van der Waals surface area contributed by atoms with Crippen molar-refractivity contribution in [2.75, 3.05) is 0 Å². The molecule has 0 radical (unpaired) electrons. The molecule has 7 heteroatoms. The fraction of sp³-hybridized carbons (Fsp3) is 0.389. The molecule has 2 amide bonds. The van der Waals surface area contributed by atoms with Gasteiger partial charge in [0.25, 0.3) is 0 Å². The second kappa shape index (κ2) is 6.84. The molecule has 1 fully saturated rings. The Morgan fingerprint density at radius 2 is 2.40 bits per heavy atom. The van der Waals surface area contributed by atoms with E-state index in [1.54, 1.807) is 17.5 Å². The van der Waals surface area contributed by atoms with Gasteiger partial charge in [-0.1, -0.05) is 6.92 Å². The van der Waals surface area contributed by atoms with Gasteiger partial charge in [0.1, 0.15) is 0 Å². The molecule has 3 aromatic heterocycles. The van der Waals surface area contributed by atoms with Crippen LogP contribution >= 0.6 is 11.3 Å².